The fourth-order valence-corrected chi connectivity index (χ4v) is 2.09. The molecular formula is C15H11ClN2O4. The SMILES string of the molecule is CC(=O)c1ccccc1NC(=O)c1cc([N+](=O)[O-])ccc1Cl. The minimum absolute atomic E-state index is 0.0331. The van der Waals surface area contributed by atoms with Gasteiger partial charge in [0.25, 0.3) is 11.6 Å². The summed E-state index contributed by atoms with van der Waals surface area (Å²) >= 11 is 5.91. The second-order valence-corrected chi connectivity index (χ2v) is 4.88. The molecule has 0 aromatic heterocycles. The molecule has 1 N–H and O–H groups in total. The number of hydrogen-bond donors (Lipinski definition) is 1. The van der Waals surface area contributed by atoms with Gasteiger partial charge in [-0.2, -0.15) is 0 Å². The Morgan fingerprint density at radius 2 is 1.82 bits per heavy atom. The number of hydrogen-bond acceptors (Lipinski definition) is 4. The van der Waals surface area contributed by atoms with Gasteiger partial charge in [-0.15, -0.1) is 0 Å². The standard InChI is InChI=1S/C15H11ClN2O4/c1-9(19)11-4-2-3-5-14(11)17-15(20)12-8-10(18(21)22)6-7-13(12)16/h2-8H,1H3,(H,17,20). The van der Waals surface area contributed by atoms with Gasteiger partial charge in [0.05, 0.1) is 21.2 Å². The summed E-state index contributed by atoms with van der Waals surface area (Å²) in [6.45, 7) is 1.38. The van der Waals surface area contributed by atoms with E-state index in [0.29, 0.717) is 11.3 Å². The highest BCUT2D eigenvalue weighted by molar-refractivity contribution is 6.34. The van der Waals surface area contributed by atoms with Crippen LogP contribution in [0.5, 0.6) is 0 Å². The lowest BCUT2D eigenvalue weighted by Gasteiger charge is -2.09. The van der Waals surface area contributed by atoms with Gasteiger partial charge in [0.1, 0.15) is 0 Å². The lowest BCUT2D eigenvalue weighted by atomic mass is 10.1. The van der Waals surface area contributed by atoms with E-state index in [9.17, 15) is 19.7 Å². The number of carbonyl (C=O) groups excluding carboxylic acids is 2. The number of amides is 1. The Hall–Kier alpha value is -2.73. The predicted molar refractivity (Wildman–Crippen MR) is 82.5 cm³/mol. The molecule has 0 saturated carbocycles. The lowest BCUT2D eigenvalue weighted by molar-refractivity contribution is -0.384. The number of nitro benzene ring substituents is 1. The molecule has 7 heteroatoms. The number of nitrogens with one attached hydrogen (secondary N) is 1. The van der Waals surface area contributed by atoms with Crippen molar-refractivity contribution in [3.63, 3.8) is 0 Å². The van der Waals surface area contributed by atoms with Gasteiger partial charge >= 0.3 is 0 Å². The van der Waals surface area contributed by atoms with Crippen molar-refractivity contribution in [3.8, 4) is 0 Å². The summed E-state index contributed by atoms with van der Waals surface area (Å²) in [5.41, 5.74) is 0.392. The first-order valence-electron chi connectivity index (χ1n) is 6.25. The zero-order chi connectivity index (χ0) is 16.3. The molecule has 0 fully saturated rings. The molecule has 0 bridgehead atoms. The van der Waals surface area contributed by atoms with Gasteiger partial charge in [0.15, 0.2) is 5.78 Å². The van der Waals surface area contributed by atoms with Crippen LogP contribution < -0.4 is 5.32 Å². The highest BCUT2D eigenvalue weighted by Crippen LogP contribution is 2.24. The summed E-state index contributed by atoms with van der Waals surface area (Å²) in [6, 6.07) is 10.1. The number of nitrogens with zero attached hydrogens (tertiary/aromatic N) is 1. The second-order valence-electron chi connectivity index (χ2n) is 4.48. The molecular weight excluding hydrogens is 308 g/mol. The molecule has 0 aliphatic heterocycles. The third kappa shape index (κ3) is 3.29. The van der Waals surface area contributed by atoms with Crippen LogP contribution in [-0.4, -0.2) is 16.6 Å². The molecule has 0 aliphatic rings. The van der Waals surface area contributed by atoms with E-state index < -0.39 is 10.8 Å². The molecule has 0 radical (unpaired) electrons. The quantitative estimate of drug-likeness (QED) is 0.528. The first kappa shape index (κ1) is 15.7. The molecule has 0 heterocycles. The highest BCUT2D eigenvalue weighted by Gasteiger charge is 2.17. The lowest BCUT2D eigenvalue weighted by Crippen LogP contribution is -2.15. The maximum absolute atomic E-state index is 12.3. The Bertz CT molecular complexity index is 774. The van der Waals surface area contributed by atoms with Crippen LogP contribution in [0.3, 0.4) is 0 Å². The molecule has 2 rings (SSSR count). The topological polar surface area (TPSA) is 89.3 Å². The van der Waals surface area contributed by atoms with Gasteiger partial charge in [-0.3, -0.25) is 19.7 Å². The number of benzene rings is 2. The van der Waals surface area contributed by atoms with Crippen molar-refractivity contribution >= 4 is 34.7 Å². The van der Waals surface area contributed by atoms with E-state index in [1.54, 1.807) is 24.3 Å². The summed E-state index contributed by atoms with van der Waals surface area (Å²) in [5, 5.41) is 13.4. The molecule has 0 aliphatic carbocycles. The van der Waals surface area contributed by atoms with E-state index in [0.717, 1.165) is 6.07 Å². The molecule has 2 aromatic carbocycles. The number of para-hydroxylation sites is 1. The van der Waals surface area contributed by atoms with Crippen molar-refractivity contribution in [1.29, 1.82) is 0 Å². The third-order valence-electron chi connectivity index (χ3n) is 2.96. The first-order chi connectivity index (χ1) is 10.4. The minimum atomic E-state index is -0.623. The average Bonchev–Trinajstić information content (AvgIpc) is 2.47. The number of halogens is 1. The monoisotopic (exact) mass is 318 g/mol. The number of rotatable bonds is 4. The van der Waals surface area contributed by atoms with E-state index in [2.05, 4.69) is 5.32 Å². The van der Waals surface area contributed by atoms with Crippen LogP contribution in [0.25, 0.3) is 0 Å². The van der Waals surface area contributed by atoms with Crippen LogP contribution in [0.1, 0.15) is 27.6 Å². The largest absolute Gasteiger partial charge is 0.321 e. The number of Topliss-reactive ketones (excluding diaryl/α,β-unsaturated/α-hetero) is 1. The number of nitro groups is 1. The molecule has 2 aromatic rings. The van der Waals surface area contributed by atoms with Gasteiger partial charge in [-0.25, -0.2) is 0 Å². The second kappa shape index (κ2) is 6.36. The summed E-state index contributed by atoms with van der Waals surface area (Å²) in [6.07, 6.45) is 0. The van der Waals surface area contributed by atoms with E-state index in [1.807, 2.05) is 0 Å². The molecule has 0 saturated heterocycles. The molecule has 0 atom stereocenters. The van der Waals surface area contributed by atoms with E-state index in [4.69, 9.17) is 11.6 Å². The van der Waals surface area contributed by atoms with Gasteiger partial charge < -0.3 is 5.32 Å². The van der Waals surface area contributed by atoms with Gasteiger partial charge in [-0.05, 0) is 25.1 Å². The van der Waals surface area contributed by atoms with Crippen LogP contribution in [-0.2, 0) is 0 Å². The average molecular weight is 319 g/mol. The van der Waals surface area contributed by atoms with Gasteiger partial charge in [0.2, 0.25) is 0 Å². The number of ketones is 1. The molecule has 112 valence electrons. The molecule has 22 heavy (non-hydrogen) atoms. The van der Waals surface area contributed by atoms with Crippen molar-refractivity contribution in [3.05, 3.63) is 68.7 Å². The highest BCUT2D eigenvalue weighted by atomic mass is 35.5. The van der Waals surface area contributed by atoms with Crippen molar-refractivity contribution in [2.24, 2.45) is 0 Å². The zero-order valence-electron chi connectivity index (χ0n) is 11.5. The van der Waals surface area contributed by atoms with Crippen molar-refractivity contribution in [2.75, 3.05) is 5.32 Å². The van der Waals surface area contributed by atoms with Crippen molar-refractivity contribution < 1.29 is 14.5 Å². The van der Waals surface area contributed by atoms with Crippen LogP contribution in [0, 0.1) is 10.1 Å². The zero-order valence-corrected chi connectivity index (χ0v) is 12.3. The fourth-order valence-electron chi connectivity index (χ4n) is 1.89. The Morgan fingerprint density at radius 1 is 1.14 bits per heavy atom. The normalized spacial score (nSPS) is 10.1. The summed E-state index contributed by atoms with van der Waals surface area (Å²) in [5.74, 6) is -0.830. The maximum Gasteiger partial charge on any atom is 0.270 e. The minimum Gasteiger partial charge on any atom is -0.321 e. The Kier molecular flexibility index (Phi) is 4.53. The Morgan fingerprint density at radius 3 is 2.45 bits per heavy atom. The maximum atomic E-state index is 12.3. The van der Waals surface area contributed by atoms with Crippen LogP contribution in [0.4, 0.5) is 11.4 Å². The molecule has 0 spiro atoms. The van der Waals surface area contributed by atoms with Crippen LogP contribution in [0.2, 0.25) is 5.02 Å². The van der Waals surface area contributed by atoms with Crippen molar-refractivity contribution in [2.45, 2.75) is 6.92 Å². The van der Waals surface area contributed by atoms with E-state index >= 15 is 0 Å². The number of anilines is 1. The predicted octanol–water partition coefficient (Wildman–Crippen LogP) is 3.70. The summed E-state index contributed by atoms with van der Waals surface area (Å²) < 4.78 is 0. The van der Waals surface area contributed by atoms with Crippen LogP contribution in [0.15, 0.2) is 42.5 Å². The molecule has 0 unspecified atom stereocenters. The number of carbonyl (C=O) groups is 2. The Balaban J connectivity index is 2.36. The van der Waals surface area contributed by atoms with Gasteiger partial charge in [0, 0.05) is 17.7 Å². The van der Waals surface area contributed by atoms with Gasteiger partial charge in [-0.1, -0.05) is 23.7 Å². The van der Waals surface area contributed by atoms with E-state index in [-0.39, 0.29) is 22.1 Å². The van der Waals surface area contributed by atoms with E-state index in [1.165, 1.54) is 19.1 Å². The summed E-state index contributed by atoms with van der Waals surface area (Å²) in [4.78, 5) is 33.9. The molecule has 6 nitrogen and oxygen atoms in total. The summed E-state index contributed by atoms with van der Waals surface area (Å²) in [7, 11) is 0. The van der Waals surface area contributed by atoms with Crippen LogP contribution >= 0.6 is 11.6 Å². The third-order valence-corrected chi connectivity index (χ3v) is 3.29. The Labute approximate surface area is 130 Å². The molecule has 1 amide bonds. The smallest absolute Gasteiger partial charge is 0.270 e. The number of non-ortho nitro benzene ring substituents is 1. The fraction of sp³-hybridized carbons (Fsp3) is 0.0667. The first-order valence-corrected chi connectivity index (χ1v) is 6.63. The van der Waals surface area contributed by atoms with Crippen molar-refractivity contribution in [1.82, 2.24) is 0 Å².